The number of hydrogen-bond donors (Lipinski definition) is 2. The molecule has 1 heterocycles. The second kappa shape index (κ2) is 7.13. The van der Waals surface area contributed by atoms with Gasteiger partial charge in [-0.2, -0.15) is 4.31 Å². The van der Waals surface area contributed by atoms with Crippen molar-refractivity contribution >= 4 is 21.9 Å². The van der Waals surface area contributed by atoms with Gasteiger partial charge in [0.2, 0.25) is 15.9 Å². The summed E-state index contributed by atoms with van der Waals surface area (Å²) in [5.41, 5.74) is 2.25. The smallest absolute Gasteiger partial charge is 0.325 e. The van der Waals surface area contributed by atoms with E-state index < -0.39 is 34.0 Å². The molecule has 0 bridgehead atoms. The van der Waals surface area contributed by atoms with Gasteiger partial charge in [0.25, 0.3) is 0 Å². The minimum Gasteiger partial charge on any atom is -0.480 e. The Labute approximate surface area is 148 Å². The molecular formula is C17H24N2O5S. The van der Waals surface area contributed by atoms with E-state index in [1.807, 2.05) is 6.92 Å². The first-order valence-corrected chi connectivity index (χ1v) is 9.62. The molecule has 138 valence electrons. The van der Waals surface area contributed by atoms with Crippen molar-refractivity contribution in [2.24, 2.45) is 0 Å². The first kappa shape index (κ1) is 19.4. The maximum Gasteiger partial charge on any atom is 0.325 e. The second-order valence-corrected chi connectivity index (χ2v) is 8.40. The molecule has 0 spiro atoms. The van der Waals surface area contributed by atoms with Crippen LogP contribution in [0.3, 0.4) is 0 Å². The van der Waals surface area contributed by atoms with Crippen LogP contribution in [0.4, 0.5) is 0 Å². The second-order valence-electron chi connectivity index (χ2n) is 6.57. The van der Waals surface area contributed by atoms with Crippen LogP contribution in [0, 0.1) is 20.8 Å². The van der Waals surface area contributed by atoms with Gasteiger partial charge >= 0.3 is 5.97 Å². The molecule has 1 amide bonds. The van der Waals surface area contributed by atoms with Crippen LogP contribution in [0.5, 0.6) is 0 Å². The minimum absolute atomic E-state index is 0.226. The number of nitrogens with one attached hydrogen (secondary N) is 1. The molecule has 1 aromatic carbocycles. The number of carboxylic acids is 1. The molecule has 0 aromatic heterocycles. The van der Waals surface area contributed by atoms with Gasteiger partial charge < -0.3 is 10.4 Å². The number of carbonyl (C=O) groups excluding carboxylic acids is 1. The van der Waals surface area contributed by atoms with E-state index in [1.165, 1.54) is 11.2 Å². The van der Waals surface area contributed by atoms with Crippen LogP contribution in [-0.4, -0.2) is 48.3 Å². The van der Waals surface area contributed by atoms with Gasteiger partial charge in [0.1, 0.15) is 12.1 Å². The monoisotopic (exact) mass is 368 g/mol. The highest BCUT2D eigenvalue weighted by atomic mass is 32.2. The molecule has 1 saturated heterocycles. The maximum absolute atomic E-state index is 13.2. The van der Waals surface area contributed by atoms with Crippen molar-refractivity contribution in [3.8, 4) is 0 Å². The molecule has 7 nitrogen and oxygen atoms in total. The summed E-state index contributed by atoms with van der Waals surface area (Å²) in [6.45, 7) is 6.97. The third-order valence-corrected chi connectivity index (χ3v) is 6.62. The average Bonchev–Trinajstić information content (AvgIpc) is 2.95. The van der Waals surface area contributed by atoms with Crippen molar-refractivity contribution in [1.29, 1.82) is 0 Å². The Balaban J connectivity index is 2.36. The van der Waals surface area contributed by atoms with Gasteiger partial charge in [-0.3, -0.25) is 9.59 Å². The lowest BCUT2D eigenvalue weighted by Gasteiger charge is -2.26. The Bertz CT molecular complexity index is 780. The highest BCUT2D eigenvalue weighted by Gasteiger charge is 2.41. The Morgan fingerprint density at radius 1 is 1.24 bits per heavy atom. The summed E-state index contributed by atoms with van der Waals surface area (Å²) < 4.78 is 27.5. The van der Waals surface area contributed by atoms with Crippen molar-refractivity contribution in [2.45, 2.75) is 57.5 Å². The van der Waals surface area contributed by atoms with Gasteiger partial charge in [-0.15, -0.1) is 0 Å². The molecule has 1 unspecified atom stereocenters. The van der Waals surface area contributed by atoms with Crippen molar-refractivity contribution in [3.05, 3.63) is 28.8 Å². The fourth-order valence-corrected chi connectivity index (χ4v) is 5.42. The number of amides is 1. The molecule has 2 rings (SSSR count). The summed E-state index contributed by atoms with van der Waals surface area (Å²) in [5, 5.41) is 11.3. The molecule has 1 aliphatic rings. The van der Waals surface area contributed by atoms with E-state index in [2.05, 4.69) is 5.32 Å². The Kier molecular flexibility index (Phi) is 5.53. The first-order chi connectivity index (χ1) is 11.6. The third-order valence-electron chi connectivity index (χ3n) is 4.41. The van der Waals surface area contributed by atoms with Gasteiger partial charge in [0.05, 0.1) is 4.90 Å². The lowest BCUT2D eigenvalue weighted by Crippen LogP contribution is -2.50. The molecule has 25 heavy (non-hydrogen) atoms. The van der Waals surface area contributed by atoms with E-state index in [-0.39, 0.29) is 11.4 Å². The van der Waals surface area contributed by atoms with E-state index in [0.29, 0.717) is 24.0 Å². The molecule has 2 N–H and O–H groups in total. The predicted octanol–water partition coefficient (Wildman–Crippen LogP) is 1.35. The molecule has 1 aliphatic heterocycles. The number of carbonyl (C=O) groups is 2. The molecule has 2 atom stereocenters. The Morgan fingerprint density at radius 3 is 2.32 bits per heavy atom. The summed E-state index contributed by atoms with van der Waals surface area (Å²) in [6.07, 6.45) is 0.935. The van der Waals surface area contributed by atoms with Crippen LogP contribution in [0.2, 0.25) is 0 Å². The molecular weight excluding hydrogens is 344 g/mol. The number of nitrogens with zero attached hydrogens (tertiary/aromatic N) is 1. The number of carboxylic acid groups (broad SMARTS) is 1. The minimum atomic E-state index is -3.84. The van der Waals surface area contributed by atoms with E-state index in [4.69, 9.17) is 5.11 Å². The summed E-state index contributed by atoms with van der Waals surface area (Å²) in [7, 11) is -3.84. The fourth-order valence-electron chi connectivity index (χ4n) is 3.35. The highest BCUT2D eigenvalue weighted by molar-refractivity contribution is 7.89. The average molecular weight is 368 g/mol. The van der Waals surface area contributed by atoms with E-state index >= 15 is 0 Å². The number of aryl methyl sites for hydroxylation is 3. The number of aliphatic carboxylic acids is 1. The zero-order valence-electron chi connectivity index (χ0n) is 14.9. The molecule has 8 heteroatoms. The van der Waals surface area contributed by atoms with Gasteiger partial charge in [-0.1, -0.05) is 17.7 Å². The Morgan fingerprint density at radius 2 is 1.80 bits per heavy atom. The van der Waals surface area contributed by atoms with E-state index in [1.54, 1.807) is 26.0 Å². The zero-order chi connectivity index (χ0) is 18.9. The van der Waals surface area contributed by atoms with Crippen LogP contribution in [0.25, 0.3) is 0 Å². The van der Waals surface area contributed by atoms with Gasteiger partial charge in [0, 0.05) is 6.54 Å². The lowest BCUT2D eigenvalue weighted by atomic mass is 10.1. The van der Waals surface area contributed by atoms with Crippen molar-refractivity contribution in [2.75, 3.05) is 6.54 Å². The van der Waals surface area contributed by atoms with Crippen LogP contribution in [0.1, 0.15) is 36.5 Å². The van der Waals surface area contributed by atoms with Crippen LogP contribution in [0.15, 0.2) is 17.0 Å². The van der Waals surface area contributed by atoms with Crippen molar-refractivity contribution in [3.63, 3.8) is 0 Å². The van der Waals surface area contributed by atoms with E-state index in [9.17, 15) is 18.0 Å². The summed E-state index contributed by atoms with van der Waals surface area (Å²) >= 11 is 0. The lowest BCUT2D eigenvalue weighted by molar-refractivity contribution is -0.141. The molecule has 0 radical (unpaired) electrons. The predicted molar refractivity (Wildman–Crippen MR) is 92.8 cm³/mol. The zero-order valence-corrected chi connectivity index (χ0v) is 15.7. The summed E-state index contributed by atoms with van der Waals surface area (Å²) in [4.78, 5) is 23.5. The quantitative estimate of drug-likeness (QED) is 0.816. The topological polar surface area (TPSA) is 104 Å². The fraction of sp³-hybridized carbons (Fsp3) is 0.529. The molecule has 0 saturated carbocycles. The normalized spacial score (nSPS) is 19.6. The van der Waals surface area contributed by atoms with Gasteiger partial charge in [-0.05, 0) is 51.7 Å². The molecule has 0 aliphatic carbocycles. The van der Waals surface area contributed by atoms with Gasteiger partial charge in [-0.25, -0.2) is 8.42 Å². The SMILES string of the molecule is Cc1cc(C)c(S(=O)(=O)N2CCCC2C(=O)N[C@H](C)C(=O)O)c(C)c1. The van der Waals surface area contributed by atoms with E-state index in [0.717, 1.165) is 5.56 Å². The first-order valence-electron chi connectivity index (χ1n) is 8.18. The summed E-state index contributed by atoms with van der Waals surface area (Å²) in [6, 6.07) is 1.65. The summed E-state index contributed by atoms with van der Waals surface area (Å²) in [5.74, 6) is -1.73. The van der Waals surface area contributed by atoms with Crippen molar-refractivity contribution in [1.82, 2.24) is 9.62 Å². The number of rotatable bonds is 5. The van der Waals surface area contributed by atoms with Crippen LogP contribution < -0.4 is 5.32 Å². The number of benzene rings is 1. The third kappa shape index (κ3) is 3.85. The van der Waals surface area contributed by atoms with Crippen molar-refractivity contribution < 1.29 is 23.1 Å². The van der Waals surface area contributed by atoms with Crippen LogP contribution >= 0.6 is 0 Å². The van der Waals surface area contributed by atoms with Crippen LogP contribution in [-0.2, 0) is 19.6 Å². The Hall–Kier alpha value is -1.93. The largest absolute Gasteiger partial charge is 0.480 e. The maximum atomic E-state index is 13.2. The molecule has 1 aromatic rings. The molecule has 1 fully saturated rings. The number of sulfonamides is 1. The van der Waals surface area contributed by atoms with Gasteiger partial charge in [0.15, 0.2) is 0 Å². The standard InChI is InChI=1S/C17H24N2O5S/c1-10-8-11(2)15(12(3)9-10)25(23,24)19-7-5-6-14(19)16(20)18-13(4)17(21)22/h8-9,13-14H,5-7H2,1-4H3,(H,18,20)(H,21,22)/t13-,14?/m1/s1. The highest BCUT2D eigenvalue weighted by Crippen LogP contribution is 2.30. The number of hydrogen-bond acceptors (Lipinski definition) is 4.